The van der Waals surface area contributed by atoms with Crippen LogP contribution in [0.1, 0.15) is 12.5 Å². The molecule has 0 heterocycles. The maximum Gasteiger partial charge on any atom is 0.107 e. The lowest BCUT2D eigenvalue weighted by Crippen LogP contribution is -2.04. The smallest absolute Gasteiger partial charge is 0.107 e. The molecule has 1 aromatic carbocycles. The molecular weight excluding hydrogens is 186 g/mol. The Bertz CT molecular complexity index is 398. The van der Waals surface area contributed by atoms with E-state index in [1.54, 1.807) is 25.2 Å². The molecule has 0 saturated heterocycles. The number of hydrogen-bond donors (Lipinski definition) is 1. The standard InChI is InChI=1S/C13H13NO/c1-2-12(10-14)13(15)9-8-11-6-4-3-5-7-11/h2-9,13,15H,1H3/b9-8+,12-2+. The second-order valence-electron chi connectivity index (χ2n) is 3.07. The van der Waals surface area contributed by atoms with Gasteiger partial charge in [-0.2, -0.15) is 5.26 Å². The molecule has 0 spiro atoms. The third-order valence-corrected chi connectivity index (χ3v) is 2.03. The summed E-state index contributed by atoms with van der Waals surface area (Å²) in [6, 6.07) is 11.6. The molecule has 0 saturated carbocycles. The van der Waals surface area contributed by atoms with Crippen molar-refractivity contribution in [3.63, 3.8) is 0 Å². The molecule has 0 fully saturated rings. The van der Waals surface area contributed by atoms with Crippen LogP contribution in [0.4, 0.5) is 0 Å². The first kappa shape index (κ1) is 11.2. The molecule has 0 aromatic heterocycles. The molecule has 1 atom stereocenters. The van der Waals surface area contributed by atoms with Crippen LogP contribution in [0.2, 0.25) is 0 Å². The molecule has 1 unspecified atom stereocenters. The lowest BCUT2D eigenvalue weighted by molar-refractivity contribution is 0.264. The van der Waals surface area contributed by atoms with Gasteiger partial charge in [-0.05, 0) is 12.5 Å². The van der Waals surface area contributed by atoms with Crippen LogP contribution in [0.25, 0.3) is 6.08 Å². The number of rotatable bonds is 3. The summed E-state index contributed by atoms with van der Waals surface area (Å²) in [6.45, 7) is 1.73. The number of benzene rings is 1. The zero-order valence-electron chi connectivity index (χ0n) is 8.59. The van der Waals surface area contributed by atoms with Gasteiger partial charge >= 0.3 is 0 Å². The minimum Gasteiger partial charge on any atom is -0.384 e. The van der Waals surface area contributed by atoms with Crippen LogP contribution in [0, 0.1) is 11.3 Å². The van der Waals surface area contributed by atoms with E-state index in [0.717, 1.165) is 5.56 Å². The average Bonchev–Trinajstić information content (AvgIpc) is 2.29. The molecule has 0 amide bonds. The Kier molecular flexibility index (Phi) is 4.33. The Morgan fingerprint density at radius 1 is 1.40 bits per heavy atom. The summed E-state index contributed by atoms with van der Waals surface area (Å²) < 4.78 is 0. The largest absolute Gasteiger partial charge is 0.384 e. The summed E-state index contributed by atoms with van der Waals surface area (Å²) in [4.78, 5) is 0. The van der Waals surface area contributed by atoms with Gasteiger partial charge in [0.15, 0.2) is 0 Å². The average molecular weight is 199 g/mol. The van der Waals surface area contributed by atoms with Crippen LogP contribution < -0.4 is 0 Å². The summed E-state index contributed by atoms with van der Waals surface area (Å²) >= 11 is 0. The number of allylic oxidation sites excluding steroid dienone is 1. The van der Waals surface area contributed by atoms with Crippen LogP contribution in [0.5, 0.6) is 0 Å². The van der Waals surface area contributed by atoms with E-state index in [0.29, 0.717) is 5.57 Å². The van der Waals surface area contributed by atoms with Crippen molar-refractivity contribution in [1.29, 1.82) is 5.26 Å². The van der Waals surface area contributed by atoms with Crippen molar-refractivity contribution in [1.82, 2.24) is 0 Å². The zero-order chi connectivity index (χ0) is 11.1. The molecule has 76 valence electrons. The Labute approximate surface area is 89.8 Å². The van der Waals surface area contributed by atoms with Gasteiger partial charge in [0.1, 0.15) is 6.10 Å². The molecular formula is C13H13NO. The van der Waals surface area contributed by atoms with E-state index in [4.69, 9.17) is 5.26 Å². The van der Waals surface area contributed by atoms with Gasteiger partial charge in [0, 0.05) is 0 Å². The van der Waals surface area contributed by atoms with E-state index in [1.165, 1.54) is 0 Å². The quantitative estimate of drug-likeness (QED) is 0.760. The second kappa shape index (κ2) is 5.79. The van der Waals surface area contributed by atoms with Crippen LogP contribution in [0.3, 0.4) is 0 Å². The summed E-state index contributed by atoms with van der Waals surface area (Å²) in [5, 5.41) is 18.3. The van der Waals surface area contributed by atoms with E-state index >= 15 is 0 Å². The zero-order valence-corrected chi connectivity index (χ0v) is 8.59. The Balaban J connectivity index is 2.71. The molecule has 2 nitrogen and oxygen atoms in total. The molecule has 0 aliphatic heterocycles. The molecule has 0 bridgehead atoms. The van der Waals surface area contributed by atoms with E-state index in [9.17, 15) is 5.11 Å². The predicted octanol–water partition coefficient (Wildman–Crippen LogP) is 2.53. The summed E-state index contributed by atoms with van der Waals surface area (Å²) in [6.07, 6.45) is 4.19. The van der Waals surface area contributed by atoms with Gasteiger partial charge in [0.05, 0.1) is 11.6 Å². The number of nitrogens with zero attached hydrogens (tertiary/aromatic N) is 1. The first-order chi connectivity index (χ1) is 7.27. The highest BCUT2D eigenvalue weighted by molar-refractivity contribution is 5.51. The van der Waals surface area contributed by atoms with Crippen molar-refractivity contribution in [2.75, 3.05) is 0 Å². The molecule has 0 aliphatic rings. The summed E-state index contributed by atoms with van der Waals surface area (Å²) in [5.74, 6) is 0. The van der Waals surface area contributed by atoms with Crippen molar-refractivity contribution in [2.45, 2.75) is 13.0 Å². The molecule has 1 N–H and O–H groups in total. The van der Waals surface area contributed by atoms with E-state index in [1.807, 2.05) is 36.4 Å². The van der Waals surface area contributed by atoms with Gasteiger partial charge in [-0.1, -0.05) is 48.6 Å². The molecule has 0 aliphatic carbocycles. The van der Waals surface area contributed by atoms with Crippen molar-refractivity contribution in [2.24, 2.45) is 0 Å². The fourth-order valence-corrected chi connectivity index (χ4v) is 1.17. The predicted molar refractivity (Wildman–Crippen MR) is 60.9 cm³/mol. The maximum atomic E-state index is 9.59. The van der Waals surface area contributed by atoms with Crippen molar-refractivity contribution >= 4 is 6.08 Å². The third kappa shape index (κ3) is 3.41. The third-order valence-electron chi connectivity index (χ3n) is 2.03. The first-order valence-corrected chi connectivity index (χ1v) is 4.75. The topological polar surface area (TPSA) is 44.0 Å². The van der Waals surface area contributed by atoms with Crippen LogP contribution >= 0.6 is 0 Å². The lowest BCUT2D eigenvalue weighted by Gasteiger charge is -2.01. The maximum absolute atomic E-state index is 9.59. The monoisotopic (exact) mass is 199 g/mol. The fourth-order valence-electron chi connectivity index (χ4n) is 1.17. The molecule has 0 radical (unpaired) electrons. The van der Waals surface area contributed by atoms with Gasteiger partial charge in [-0.25, -0.2) is 0 Å². The second-order valence-corrected chi connectivity index (χ2v) is 3.07. The first-order valence-electron chi connectivity index (χ1n) is 4.75. The minimum absolute atomic E-state index is 0.363. The van der Waals surface area contributed by atoms with Gasteiger partial charge in [0.25, 0.3) is 0 Å². The highest BCUT2D eigenvalue weighted by Gasteiger charge is 2.03. The molecule has 15 heavy (non-hydrogen) atoms. The van der Waals surface area contributed by atoms with Crippen molar-refractivity contribution in [3.05, 3.63) is 53.6 Å². The van der Waals surface area contributed by atoms with Gasteiger partial charge in [-0.15, -0.1) is 0 Å². The minimum atomic E-state index is -0.819. The number of hydrogen-bond acceptors (Lipinski definition) is 2. The van der Waals surface area contributed by atoms with Crippen LogP contribution in [0.15, 0.2) is 48.1 Å². The van der Waals surface area contributed by atoms with Crippen molar-refractivity contribution in [3.8, 4) is 6.07 Å². The van der Waals surface area contributed by atoms with E-state index in [2.05, 4.69) is 0 Å². The summed E-state index contributed by atoms with van der Waals surface area (Å²) in [5.41, 5.74) is 1.37. The van der Waals surface area contributed by atoms with E-state index < -0.39 is 6.10 Å². The number of aliphatic hydroxyl groups excluding tert-OH is 1. The summed E-state index contributed by atoms with van der Waals surface area (Å²) in [7, 11) is 0. The molecule has 2 heteroatoms. The van der Waals surface area contributed by atoms with Crippen molar-refractivity contribution < 1.29 is 5.11 Å². The van der Waals surface area contributed by atoms with Crippen LogP contribution in [-0.4, -0.2) is 11.2 Å². The van der Waals surface area contributed by atoms with Gasteiger partial charge in [0.2, 0.25) is 0 Å². The fraction of sp³-hybridized carbons (Fsp3) is 0.154. The Morgan fingerprint density at radius 2 is 2.07 bits per heavy atom. The molecule has 1 aromatic rings. The highest BCUT2D eigenvalue weighted by Crippen LogP contribution is 2.06. The Hall–Kier alpha value is -1.85. The number of aliphatic hydroxyl groups is 1. The lowest BCUT2D eigenvalue weighted by atomic mass is 10.1. The SMILES string of the molecule is C/C=C(\C#N)C(O)/C=C/c1ccccc1. The van der Waals surface area contributed by atoms with Gasteiger partial charge < -0.3 is 5.11 Å². The number of nitriles is 1. The highest BCUT2D eigenvalue weighted by atomic mass is 16.3. The Morgan fingerprint density at radius 3 is 2.60 bits per heavy atom. The van der Waals surface area contributed by atoms with Crippen LogP contribution in [-0.2, 0) is 0 Å². The molecule has 1 rings (SSSR count). The normalized spacial score (nSPS) is 13.8. The van der Waals surface area contributed by atoms with Gasteiger partial charge in [-0.3, -0.25) is 0 Å². The van der Waals surface area contributed by atoms with E-state index in [-0.39, 0.29) is 0 Å².